The Hall–Kier alpha value is -2.66. The van der Waals surface area contributed by atoms with Gasteiger partial charge in [0, 0.05) is 32.2 Å². The monoisotopic (exact) mass is 791 g/mol. The van der Waals surface area contributed by atoms with Gasteiger partial charge in [0.2, 0.25) is 5.91 Å². The molecule has 41 heavy (non-hydrogen) atoms. The van der Waals surface area contributed by atoms with Gasteiger partial charge in [-0.2, -0.15) is 4.98 Å². The molecular weight excluding hydrogens is 756 g/mol. The molecule has 0 saturated heterocycles. The van der Waals surface area contributed by atoms with E-state index in [1.54, 1.807) is 51.8 Å². The van der Waals surface area contributed by atoms with Gasteiger partial charge < -0.3 is 29.4 Å². The summed E-state index contributed by atoms with van der Waals surface area (Å²) >= 11 is 4.10. The van der Waals surface area contributed by atoms with Gasteiger partial charge in [0.1, 0.15) is 17.4 Å². The molecule has 3 aromatic rings. The lowest BCUT2D eigenvalue weighted by atomic mass is 10.0. The molecule has 2 aromatic carbocycles. The van der Waals surface area contributed by atoms with Gasteiger partial charge in [-0.25, -0.2) is 9.59 Å². The second-order valence-corrected chi connectivity index (χ2v) is 13.3. The van der Waals surface area contributed by atoms with E-state index in [0.29, 0.717) is 37.0 Å². The second kappa shape index (κ2) is 13.5. The highest BCUT2D eigenvalue weighted by atomic mass is 127. The van der Waals surface area contributed by atoms with E-state index in [0.717, 1.165) is 5.56 Å². The molecular formula is C28H35I2N5O6. The molecule has 1 heterocycles. The standard InChI is InChI=1S/C28H35I2N5O6/c1-15-19(33-27(39)41-28(2,3)4)8-9-20-22(15)25(38)40-26(31-20)32-21(24(37)35(7)11-10-34(5)6)14-16-12-17(29)23(36)18(30)13-16/h8-9,12-13,21,36H,10-11,14H2,1-7H3,(H,31,32)(H,33,39)/t21-/m0/s1. The number of carbonyl (C=O) groups excluding carboxylic acids is 2. The predicted octanol–water partition coefficient (Wildman–Crippen LogP) is 4.80. The number of anilines is 2. The summed E-state index contributed by atoms with van der Waals surface area (Å²) in [5, 5.41) is 16.1. The van der Waals surface area contributed by atoms with Gasteiger partial charge in [-0.3, -0.25) is 10.1 Å². The number of phenols is 1. The Morgan fingerprint density at radius 3 is 2.34 bits per heavy atom. The number of rotatable bonds is 9. The van der Waals surface area contributed by atoms with Crippen molar-refractivity contribution < 1.29 is 23.8 Å². The van der Waals surface area contributed by atoms with E-state index in [1.807, 2.05) is 76.3 Å². The van der Waals surface area contributed by atoms with Crippen LogP contribution in [0.1, 0.15) is 31.9 Å². The number of likely N-dealkylation sites (N-methyl/N-ethyl adjacent to an activating group) is 2. The summed E-state index contributed by atoms with van der Waals surface area (Å²) in [6, 6.07) is 5.95. The number of hydrogen-bond acceptors (Lipinski definition) is 9. The third-order valence-electron chi connectivity index (χ3n) is 6.07. The minimum absolute atomic E-state index is 0.0997. The summed E-state index contributed by atoms with van der Waals surface area (Å²) in [6.07, 6.45) is -0.382. The average Bonchev–Trinajstić information content (AvgIpc) is 2.85. The topological polar surface area (TPSA) is 137 Å². The maximum absolute atomic E-state index is 13.5. The van der Waals surface area contributed by atoms with Crippen molar-refractivity contribution in [1.29, 1.82) is 0 Å². The second-order valence-electron chi connectivity index (χ2n) is 10.9. The summed E-state index contributed by atoms with van der Waals surface area (Å²) in [6.45, 7) is 8.12. The lowest BCUT2D eigenvalue weighted by Gasteiger charge is -2.26. The highest BCUT2D eigenvalue weighted by molar-refractivity contribution is 14.1. The molecule has 3 rings (SSSR count). The molecule has 1 aromatic heterocycles. The van der Waals surface area contributed by atoms with E-state index in [2.05, 4.69) is 15.6 Å². The number of phenolic OH excluding ortho intramolecular Hbond substituents is 1. The number of hydrogen-bond donors (Lipinski definition) is 3. The van der Waals surface area contributed by atoms with Crippen molar-refractivity contribution in [3.05, 3.63) is 53.0 Å². The van der Waals surface area contributed by atoms with Crippen molar-refractivity contribution >= 4 is 79.8 Å². The van der Waals surface area contributed by atoms with Gasteiger partial charge in [0.05, 0.1) is 18.0 Å². The van der Waals surface area contributed by atoms with Crippen molar-refractivity contribution in [3.8, 4) is 5.75 Å². The Balaban J connectivity index is 1.95. The first kappa shape index (κ1) is 32.8. The quantitative estimate of drug-likeness (QED) is 0.261. The third-order valence-corrected chi connectivity index (χ3v) is 7.71. The zero-order chi connectivity index (χ0) is 30.6. The Labute approximate surface area is 266 Å². The molecule has 2 amide bonds. The van der Waals surface area contributed by atoms with E-state index in [-0.39, 0.29) is 29.5 Å². The first-order valence-corrected chi connectivity index (χ1v) is 15.0. The van der Waals surface area contributed by atoms with Crippen molar-refractivity contribution in [1.82, 2.24) is 14.8 Å². The number of halogens is 2. The first-order chi connectivity index (χ1) is 19.1. The SMILES string of the molecule is Cc1c(NC(=O)OC(C)(C)C)ccc2nc(N[C@@H](Cc3cc(I)c(O)c(I)c3)C(=O)N(C)CCN(C)C)oc(=O)c12. The van der Waals surface area contributed by atoms with E-state index < -0.39 is 23.4 Å². The number of amides is 2. The fourth-order valence-electron chi connectivity index (χ4n) is 3.98. The molecule has 0 saturated carbocycles. The molecule has 0 fully saturated rings. The average molecular weight is 791 g/mol. The van der Waals surface area contributed by atoms with E-state index >= 15 is 0 Å². The van der Waals surface area contributed by atoms with Crippen LogP contribution in [0.3, 0.4) is 0 Å². The number of fused-ring (bicyclic) bond motifs is 1. The van der Waals surface area contributed by atoms with Gasteiger partial charge in [-0.15, -0.1) is 0 Å². The molecule has 222 valence electrons. The van der Waals surface area contributed by atoms with Crippen LogP contribution in [0, 0.1) is 14.1 Å². The molecule has 0 aliphatic rings. The molecule has 3 N–H and O–H groups in total. The fraction of sp³-hybridized carbons (Fsp3) is 0.429. The molecule has 0 bridgehead atoms. The number of ether oxygens (including phenoxy) is 1. The Kier molecular flexibility index (Phi) is 10.9. The molecule has 0 radical (unpaired) electrons. The van der Waals surface area contributed by atoms with Crippen LogP contribution in [-0.4, -0.2) is 77.8 Å². The normalized spacial score (nSPS) is 12.3. The van der Waals surface area contributed by atoms with Crippen LogP contribution in [0.25, 0.3) is 10.9 Å². The number of aromatic hydroxyl groups is 1. The lowest BCUT2D eigenvalue weighted by Crippen LogP contribution is -2.44. The minimum Gasteiger partial charge on any atom is -0.506 e. The van der Waals surface area contributed by atoms with Crippen LogP contribution in [0.4, 0.5) is 16.5 Å². The molecule has 1 atom stereocenters. The number of carbonyl (C=O) groups is 2. The zero-order valence-electron chi connectivity index (χ0n) is 24.1. The van der Waals surface area contributed by atoms with Crippen molar-refractivity contribution in [2.45, 2.75) is 45.8 Å². The maximum atomic E-state index is 13.5. The number of aromatic nitrogens is 1. The minimum atomic E-state index is -0.805. The molecule has 13 heteroatoms. The van der Waals surface area contributed by atoms with Gasteiger partial charge in [-0.1, -0.05) is 0 Å². The van der Waals surface area contributed by atoms with Crippen LogP contribution in [0.5, 0.6) is 5.75 Å². The smallest absolute Gasteiger partial charge is 0.412 e. The van der Waals surface area contributed by atoms with Gasteiger partial charge >= 0.3 is 11.7 Å². The van der Waals surface area contributed by atoms with Crippen LogP contribution in [0.15, 0.2) is 33.5 Å². The van der Waals surface area contributed by atoms with Gasteiger partial charge in [0.15, 0.2) is 0 Å². The zero-order valence-corrected chi connectivity index (χ0v) is 28.4. The van der Waals surface area contributed by atoms with Crippen molar-refractivity contribution in [2.75, 3.05) is 44.9 Å². The van der Waals surface area contributed by atoms with Crippen molar-refractivity contribution in [2.24, 2.45) is 0 Å². The Bertz CT molecular complexity index is 1480. The number of benzene rings is 2. The fourth-order valence-corrected chi connectivity index (χ4v) is 5.87. The number of nitrogens with zero attached hydrogens (tertiary/aromatic N) is 3. The summed E-state index contributed by atoms with van der Waals surface area (Å²) < 4.78 is 12.2. The first-order valence-electron chi connectivity index (χ1n) is 12.8. The van der Waals surface area contributed by atoms with Crippen LogP contribution in [-0.2, 0) is 16.0 Å². The van der Waals surface area contributed by atoms with Crippen LogP contribution < -0.4 is 16.3 Å². The Morgan fingerprint density at radius 2 is 1.76 bits per heavy atom. The lowest BCUT2D eigenvalue weighted by molar-refractivity contribution is -0.130. The molecule has 0 aliphatic carbocycles. The summed E-state index contributed by atoms with van der Waals surface area (Å²) in [7, 11) is 5.58. The van der Waals surface area contributed by atoms with Crippen molar-refractivity contribution in [3.63, 3.8) is 0 Å². The predicted molar refractivity (Wildman–Crippen MR) is 176 cm³/mol. The maximum Gasteiger partial charge on any atom is 0.412 e. The molecule has 11 nitrogen and oxygen atoms in total. The van der Waals surface area contributed by atoms with Crippen LogP contribution >= 0.6 is 45.2 Å². The Morgan fingerprint density at radius 1 is 1.12 bits per heavy atom. The molecule has 0 aliphatic heterocycles. The van der Waals surface area contributed by atoms with Gasteiger partial charge in [-0.05, 0) is 122 Å². The molecule has 0 spiro atoms. The summed E-state index contributed by atoms with van der Waals surface area (Å²) in [5.74, 6) is -0.0189. The summed E-state index contributed by atoms with van der Waals surface area (Å²) in [5.41, 5.74) is 0.696. The largest absolute Gasteiger partial charge is 0.506 e. The number of nitrogens with one attached hydrogen (secondary N) is 2. The highest BCUT2D eigenvalue weighted by Gasteiger charge is 2.26. The van der Waals surface area contributed by atoms with Gasteiger partial charge in [0.25, 0.3) is 6.01 Å². The highest BCUT2D eigenvalue weighted by Crippen LogP contribution is 2.29. The summed E-state index contributed by atoms with van der Waals surface area (Å²) in [4.78, 5) is 47.0. The van der Waals surface area contributed by atoms with E-state index in [9.17, 15) is 19.5 Å². The van der Waals surface area contributed by atoms with Crippen LogP contribution in [0.2, 0.25) is 0 Å². The van der Waals surface area contributed by atoms with E-state index in [4.69, 9.17) is 9.15 Å². The van der Waals surface area contributed by atoms with E-state index in [1.165, 1.54) is 0 Å². The molecule has 0 unspecified atom stereocenters. The third kappa shape index (κ3) is 8.91. The number of aryl methyl sites for hydroxylation is 1.